The normalized spacial score (nSPS) is 21.6. The van der Waals surface area contributed by atoms with Crippen LogP contribution >= 0.6 is 0 Å². The molecule has 32 heavy (non-hydrogen) atoms. The summed E-state index contributed by atoms with van der Waals surface area (Å²) in [6, 6.07) is 4.29. The number of esters is 1. The third kappa shape index (κ3) is 6.67. The molecule has 0 saturated carbocycles. The average molecular weight is 465 g/mol. The second-order valence-electron chi connectivity index (χ2n) is 8.67. The number of rotatable bonds is 7. The number of aryl methyl sites for hydroxylation is 1. The minimum atomic E-state index is -4.00. The zero-order valence-corrected chi connectivity index (χ0v) is 20.0. The van der Waals surface area contributed by atoms with Crippen LogP contribution in [0, 0.1) is 6.92 Å². The largest absolute Gasteiger partial charge is 0.464 e. The van der Waals surface area contributed by atoms with Crippen LogP contribution in [0.1, 0.15) is 39.7 Å². The molecule has 1 N–H and O–H groups in total. The number of carbonyl (C=O) groups excluding carboxylic acids is 2. The molecule has 1 aromatic carbocycles. The van der Waals surface area contributed by atoms with E-state index in [4.69, 9.17) is 9.47 Å². The van der Waals surface area contributed by atoms with Crippen LogP contribution in [-0.4, -0.2) is 55.1 Å². The van der Waals surface area contributed by atoms with E-state index in [0.29, 0.717) is 6.42 Å². The summed E-state index contributed by atoms with van der Waals surface area (Å²) >= 11 is 0. The SMILES string of the molecule is C=CC[C@H]1C=C[C@@H](NC(=O)OC(C)(C)C)[C@@H](COC(C)=O)N1S(=O)(=O)c1ccc(C)cc1. The maximum Gasteiger partial charge on any atom is 0.408 e. The molecule has 1 aromatic rings. The van der Waals surface area contributed by atoms with Gasteiger partial charge in [-0.1, -0.05) is 35.9 Å². The van der Waals surface area contributed by atoms with Gasteiger partial charge in [0.15, 0.2) is 0 Å². The van der Waals surface area contributed by atoms with Gasteiger partial charge in [0.2, 0.25) is 10.0 Å². The Hall–Kier alpha value is -2.65. The molecule has 1 aliphatic rings. The van der Waals surface area contributed by atoms with Crippen LogP contribution in [0.25, 0.3) is 0 Å². The molecule has 176 valence electrons. The Morgan fingerprint density at radius 2 is 1.81 bits per heavy atom. The maximum absolute atomic E-state index is 13.7. The molecule has 0 radical (unpaired) electrons. The molecular formula is C23H32N2O6S. The molecule has 0 aromatic heterocycles. The average Bonchev–Trinajstić information content (AvgIpc) is 2.66. The Morgan fingerprint density at radius 1 is 1.19 bits per heavy atom. The van der Waals surface area contributed by atoms with Crippen LogP contribution < -0.4 is 5.32 Å². The second kappa shape index (κ2) is 10.3. The van der Waals surface area contributed by atoms with Gasteiger partial charge in [0.05, 0.1) is 17.0 Å². The summed E-state index contributed by atoms with van der Waals surface area (Å²) in [4.78, 5) is 24.1. The van der Waals surface area contributed by atoms with Gasteiger partial charge in [0.1, 0.15) is 12.2 Å². The van der Waals surface area contributed by atoms with E-state index in [2.05, 4.69) is 11.9 Å². The highest BCUT2D eigenvalue weighted by Crippen LogP contribution is 2.29. The first kappa shape index (κ1) is 25.6. The van der Waals surface area contributed by atoms with E-state index >= 15 is 0 Å². The standard InChI is InChI=1S/C23H32N2O6S/c1-7-8-18-11-14-20(24-22(27)31-23(4,5)6)21(15-30-17(3)26)25(18)32(28,29)19-12-9-16(2)10-13-19/h7,9-14,18,20-21H,1,8,15H2,2-6H3,(H,24,27)/t18-,20+,21+/m0/s1. The summed E-state index contributed by atoms with van der Waals surface area (Å²) in [5.74, 6) is -0.552. The highest BCUT2D eigenvalue weighted by atomic mass is 32.2. The lowest BCUT2D eigenvalue weighted by atomic mass is 9.99. The van der Waals surface area contributed by atoms with E-state index in [1.165, 1.54) is 23.4 Å². The number of sulfonamides is 1. The monoisotopic (exact) mass is 464 g/mol. The minimum absolute atomic E-state index is 0.108. The lowest BCUT2D eigenvalue weighted by molar-refractivity contribution is -0.142. The molecule has 1 aliphatic heterocycles. The van der Waals surface area contributed by atoms with Crippen molar-refractivity contribution in [3.05, 3.63) is 54.6 Å². The molecule has 9 heteroatoms. The zero-order valence-electron chi connectivity index (χ0n) is 19.2. The summed E-state index contributed by atoms with van der Waals surface area (Å²) in [5, 5.41) is 2.70. The number of amides is 1. The third-order valence-corrected chi connectivity index (χ3v) is 6.72. The van der Waals surface area contributed by atoms with Crippen molar-refractivity contribution in [3.63, 3.8) is 0 Å². The van der Waals surface area contributed by atoms with Gasteiger partial charge < -0.3 is 14.8 Å². The van der Waals surface area contributed by atoms with Crippen molar-refractivity contribution in [2.75, 3.05) is 6.61 Å². The van der Waals surface area contributed by atoms with E-state index in [9.17, 15) is 18.0 Å². The smallest absolute Gasteiger partial charge is 0.408 e. The Bertz CT molecular complexity index is 963. The molecular weight excluding hydrogens is 432 g/mol. The highest BCUT2D eigenvalue weighted by molar-refractivity contribution is 7.89. The minimum Gasteiger partial charge on any atom is -0.464 e. The first-order valence-corrected chi connectivity index (χ1v) is 11.8. The van der Waals surface area contributed by atoms with Gasteiger partial charge in [0.25, 0.3) is 0 Å². The summed E-state index contributed by atoms with van der Waals surface area (Å²) in [7, 11) is -4.00. The Morgan fingerprint density at radius 3 is 2.34 bits per heavy atom. The second-order valence-corrected chi connectivity index (χ2v) is 10.5. The first-order valence-electron chi connectivity index (χ1n) is 10.4. The van der Waals surface area contributed by atoms with E-state index in [1.807, 2.05) is 6.92 Å². The molecule has 1 heterocycles. The summed E-state index contributed by atoms with van der Waals surface area (Å²) in [6.45, 7) is 11.8. The van der Waals surface area contributed by atoms with Gasteiger partial charge in [-0.15, -0.1) is 6.58 Å². The maximum atomic E-state index is 13.7. The van der Waals surface area contributed by atoms with Crippen LogP contribution in [0.3, 0.4) is 0 Å². The molecule has 0 unspecified atom stereocenters. The summed E-state index contributed by atoms with van der Waals surface area (Å²) in [5.41, 5.74) is 0.193. The lowest BCUT2D eigenvalue weighted by Crippen LogP contribution is -2.60. The van der Waals surface area contributed by atoms with Crippen LogP contribution in [0.5, 0.6) is 0 Å². The molecule has 0 fully saturated rings. The number of hydrogen-bond acceptors (Lipinski definition) is 6. The Balaban J connectivity index is 2.49. The number of carbonyl (C=O) groups is 2. The van der Waals surface area contributed by atoms with Crippen molar-refractivity contribution in [3.8, 4) is 0 Å². The van der Waals surface area contributed by atoms with Crippen LogP contribution in [0.2, 0.25) is 0 Å². The fraction of sp³-hybridized carbons (Fsp3) is 0.478. The Kier molecular flexibility index (Phi) is 8.25. The third-order valence-electron chi connectivity index (χ3n) is 4.75. The van der Waals surface area contributed by atoms with E-state index < -0.39 is 45.8 Å². The summed E-state index contributed by atoms with van der Waals surface area (Å²) in [6.07, 6.45) is 4.68. The molecule has 8 nitrogen and oxygen atoms in total. The lowest BCUT2D eigenvalue weighted by Gasteiger charge is -2.41. The van der Waals surface area contributed by atoms with E-state index in [1.54, 1.807) is 51.1 Å². The molecule has 0 spiro atoms. The number of nitrogens with one attached hydrogen (secondary N) is 1. The number of benzene rings is 1. The van der Waals surface area contributed by atoms with Crippen molar-refractivity contribution in [2.45, 2.75) is 69.7 Å². The van der Waals surface area contributed by atoms with Gasteiger partial charge in [-0.3, -0.25) is 4.79 Å². The number of alkyl carbamates (subject to hydrolysis) is 1. The highest BCUT2D eigenvalue weighted by Gasteiger charge is 2.43. The van der Waals surface area contributed by atoms with E-state index in [0.717, 1.165) is 5.56 Å². The number of ether oxygens (including phenoxy) is 2. The predicted molar refractivity (Wildman–Crippen MR) is 122 cm³/mol. The fourth-order valence-electron chi connectivity index (χ4n) is 3.37. The van der Waals surface area contributed by atoms with Gasteiger partial charge in [-0.05, 0) is 46.2 Å². The van der Waals surface area contributed by atoms with Crippen molar-refractivity contribution in [1.29, 1.82) is 0 Å². The fourth-order valence-corrected chi connectivity index (χ4v) is 5.16. The van der Waals surface area contributed by atoms with Gasteiger partial charge >= 0.3 is 12.1 Å². The van der Waals surface area contributed by atoms with Crippen molar-refractivity contribution < 1.29 is 27.5 Å². The van der Waals surface area contributed by atoms with Crippen molar-refractivity contribution in [2.24, 2.45) is 0 Å². The molecule has 3 atom stereocenters. The van der Waals surface area contributed by atoms with Crippen molar-refractivity contribution >= 4 is 22.1 Å². The Labute approximate surface area is 190 Å². The topological polar surface area (TPSA) is 102 Å². The van der Waals surface area contributed by atoms with Crippen molar-refractivity contribution in [1.82, 2.24) is 9.62 Å². The summed E-state index contributed by atoms with van der Waals surface area (Å²) < 4.78 is 39.2. The van der Waals surface area contributed by atoms with Crippen LogP contribution in [0.4, 0.5) is 4.79 Å². The van der Waals surface area contributed by atoms with Gasteiger partial charge in [0, 0.05) is 13.0 Å². The quantitative estimate of drug-likeness (QED) is 0.491. The molecule has 0 bridgehead atoms. The number of nitrogens with zero attached hydrogens (tertiary/aromatic N) is 1. The first-order chi connectivity index (χ1) is 14.8. The molecule has 0 aliphatic carbocycles. The van der Waals surface area contributed by atoms with Crippen LogP contribution in [0.15, 0.2) is 54.0 Å². The molecule has 2 rings (SSSR count). The zero-order chi connectivity index (χ0) is 24.1. The van der Waals surface area contributed by atoms with Crippen LogP contribution in [-0.2, 0) is 24.3 Å². The number of hydrogen-bond donors (Lipinski definition) is 1. The van der Waals surface area contributed by atoms with E-state index in [-0.39, 0.29) is 11.5 Å². The molecule has 0 saturated heterocycles. The molecule has 1 amide bonds. The predicted octanol–water partition coefficient (Wildman–Crippen LogP) is 3.33. The van der Waals surface area contributed by atoms with Gasteiger partial charge in [-0.25, -0.2) is 13.2 Å². The van der Waals surface area contributed by atoms with Gasteiger partial charge in [-0.2, -0.15) is 4.31 Å².